The van der Waals surface area contributed by atoms with Gasteiger partial charge in [-0.2, -0.15) is 5.26 Å². The van der Waals surface area contributed by atoms with Gasteiger partial charge in [-0.25, -0.2) is 0 Å². The van der Waals surface area contributed by atoms with Crippen molar-refractivity contribution in [2.45, 2.75) is 38.1 Å². The molecule has 0 amide bonds. The summed E-state index contributed by atoms with van der Waals surface area (Å²) in [5, 5.41) is 26.8. The summed E-state index contributed by atoms with van der Waals surface area (Å²) in [7, 11) is 0. The van der Waals surface area contributed by atoms with Crippen molar-refractivity contribution in [3.63, 3.8) is 0 Å². The maximum atomic E-state index is 9.59. The number of fused-ring (bicyclic) bond motifs is 1. The van der Waals surface area contributed by atoms with Crippen LogP contribution in [-0.4, -0.2) is 19.9 Å². The van der Waals surface area contributed by atoms with Crippen molar-refractivity contribution in [2.75, 3.05) is 0 Å². The third-order valence-electron chi connectivity index (χ3n) is 2.93. The van der Waals surface area contributed by atoms with Crippen LogP contribution in [0.25, 0.3) is 0 Å². The van der Waals surface area contributed by atoms with Crippen molar-refractivity contribution in [1.82, 2.24) is 14.8 Å². The van der Waals surface area contributed by atoms with Gasteiger partial charge in [0.1, 0.15) is 11.6 Å². The van der Waals surface area contributed by atoms with Gasteiger partial charge in [-0.1, -0.05) is 18.0 Å². The Morgan fingerprint density at radius 2 is 2.29 bits per heavy atom. The first kappa shape index (κ1) is 11.9. The van der Waals surface area contributed by atoms with Gasteiger partial charge >= 0.3 is 0 Å². The Bertz CT molecular complexity index is 474. The van der Waals surface area contributed by atoms with E-state index in [9.17, 15) is 5.11 Å². The van der Waals surface area contributed by atoms with Crippen LogP contribution in [0.15, 0.2) is 11.3 Å². The molecule has 1 aliphatic rings. The molecule has 1 unspecified atom stereocenters. The quantitative estimate of drug-likeness (QED) is 0.819. The number of nitrogens with zero attached hydrogens (tertiary/aromatic N) is 4. The molecule has 5 nitrogen and oxygen atoms in total. The lowest BCUT2D eigenvalue weighted by atomic mass is 10.1. The van der Waals surface area contributed by atoms with Crippen molar-refractivity contribution in [2.24, 2.45) is 0 Å². The van der Waals surface area contributed by atoms with Crippen molar-refractivity contribution in [1.29, 1.82) is 5.26 Å². The standard InChI is InChI=1S/C11H13ClN4O/c12-6-9(17)8(7-13)11-15-14-10-4-2-1-3-5-16(10)11/h6,8,17H,1-5H2/b9-6-. The second-order valence-electron chi connectivity index (χ2n) is 4.03. The second kappa shape index (κ2) is 5.19. The third-order valence-corrected chi connectivity index (χ3v) is 3.16. The summed E-state index contributed by atoms with van der Waals surface area (Å²) >= 11 is 5.44. The Kier molecular flexibility index (Phi) is 3.64. The summed E-state index contributed by atoms with van der Waals surface area (Å²) in [6, 6.07) is 2.00. The zero-order valence-electron chi connectivity index (χ0n) is 9.30. The maximum Gasteiger partial charge on any atom is 0.164 e. The molecule has 1 aromatic rings. The van der Waals surface area contributed by atoms with Crippen LogP contribution in [0, 0.1) is 11.3 Å². The Hall–Kier alpha value is -1.54. The molecule has 0 radical (unpaired) electrons. The van der Waals surface area contributed by atoms with Gasteiger partial charge < -0.3 is 9.67 Å². The molecule has 1 N–H and O–H groups in total. The van der Waals surface area contributed by atoms with Gasteiger partial charge in [0, 0.05) is 18.5 Å². The van der Waals surface area contributed by atoms with Crippen LogP contribution < -0.4 is 0 Å². The Balaban J connectivity index is 2.39. The van der Waals surface area contributed by atoms with E-state index in [1.807, 2.05) is 10.6 Å². The zero-order chi connectivity index (χ0) is 12.3. The van der Waals surface area contributed by atoms with E-state index in [-0.39, 0.29) is 5.76 Å². The first-order valence-corrected chi connectivity index (χ1v) is 6.02. The second-order valence-corrected chi connectivity index (χ2v) is 4.25. The summed E-state index contributed by atoms with van der Waals surface area (Å²) in [5.41, 5.74) is 1.01. The summed E-state index contributed by atoms with van der Waals surface area (Å²) in [5.74, 6) is 0.361. The van der Waals surface area contributed by atoms with Gasteiger partial charge in [0.05, 0.1) is 6.07 Å². The predicted octanol–water partition coefficient (Wildman–Crippen LogP) is 2.25. The molecular weight excluding hydrogens is 240 g/mol. The van der Waals surface area contributed by atoms with Crippen molar-refractivity contribution >= 4 is 11.6 Å². The largest absolute Gasteiger partial charge is 0.510 e. The van der Waals surface area contributed by atoms with Crippen LogP contribution >= 0.6 is 11.6 Å². The smallest absolute Gasteiger partial charge is 0.164 e. The van der Waals surface area contributed by atoms with Crippen LogP contribution in [-0.2, 0) is 13.0 Å². The van der Waals surface area contributed by atoms with E-state index < -0.39 is 5.92 Å². The normalized spacial score (nSPS) is 18.0. The fourth-order valence-electron chi connectivity index (χ4n) is 2.04. The number of aromatic nitrogens is 3. The van der Waals surface area contributed by atoms with E-state index in [0.717, 1.165) is 43.6 Å². The van der Waals surface area contributed by atoms with Gasteiger partial charge in [-0.15, -0.1) is 10.2 Å². The first-order chi connectivity index (χ1) is 8.27. The number of hydrogen-bond donors (Lipinski definition) is 1. The summed E-state index contributed by atoms with van der Waals surface area (Å²) in [6.45, 7) is 0.797. The molecule has 2 rings (SSSR count). The van der Waals surface area contributed by atoms with E-state index in [1.165, 1.54) is 0 Å². The first-order valence-electron chi connectivity index (χ1n) is 5.58. The molecule has 17 heavy (non-hydrogen) atoms. The molecule has 2 heterocycles. The SMILES string of the molecule is N#CC(/C(O)=C/Cl)c1nnc2n1CCCCC2. The molecule has 0 saturated carbocycles. The van der Waals surface area contributed by atoms with Crippen LogP contribution in [0.1, 0.15) is 36.8 Å². The monoisotopic (exact) mass is 252 g/mol. The van der Waals surface area contributed by atoms with Crippen molar-refractivity contribution in [3.8, 4) is 6.07 Å². The highest BCUT2D eigenvalue weighted by Crippen LogP contribution is 2.24. The van der Waals surface area contributed by atoms with Crippen LogP contribution in [0.3, 0.4) is 0 Å². The number of hydrogen-bond acceptors (Lipinski definition) is 4. The number of halogens is 1. The molecule has 0 aromatic carbocycles. The lowest BCUT2D eigenvalue weighted by Crippen LogP contribution is -2.11. The number of allylic oxidation sites excluding steroid dienone is 1. The van der Waals surface area contributed by atoms with Crippen molar-refractivity contribution in [3.05, 3.63) is 22.9 Å². The minimum Gasteiger partial charge on any atom is -0.510 e. The number of rotatable bonds is 2. The third kappa shape index (κ3) is 2.27. The van der Waals surface area contributed by atoms with Gasteiger partial charge in [0.25, 0.3) is 0 Å². The molecule has 90 valence electrons. The Morgan fingerprint density at radius 3 is 3.00 bits per heavy atom. The lowest BCUT2D eigenvalue weighted by molar-refractivity contribution is 0.380. The molecule has 1 aromatic heterocycles. The van der Waals surface area contributed by atoms with E-state index in [2.05, 4.69) is 10.2 Å². The van der Waals surface area contributed by atoms with Crippen molar-refractivity contribution < 1.29 is 5.11 Å². The van der Waals surface area contributed by atoms with Gasteiger partial charge in [0.15, 0.2) is 11.7 Å². The molecule has 0 fully saturated rings. The zero-order valence-corrected chi connectivity index (χ0v) is 10.1. The molecule has 0 saturated heterocycles. The average molecular weight is 253 g/mol. The molecule has 1 aliphatic heterocycles. The minimum absolute atomic E-state index is 0.186. The summed E-state index contributed by atoms with van der Waals surface area (Å²) < 4.78 is 1.93. The van der Waals surface area contributed by atoms with Gasteiger partial charge in [0.2, 0.25) is 0 Å². The highest BCUT2D eigenvalue weighted by Gasteiger charge is 2.24. The number of aryl methyl sites for hydroxylation is 1. The van der Waals surface area contributed by atoms with Crippen LogP contribution in [0.5, 0.6) is 0 Å². The van der Waals surface area contributed by atoms with Crippen LogP contribution in [0.2, 0.25) is 0 Å². The highest BCUT2D eigenvalue weighted by atomic mass is 35.5. The van der Waals surface area contributed by atoms with E-state index in [1.54, 1.807) is 0 Å². The molecule has 0 bridgehead atoms. The number of aliphatic hydroxyl groups is 1. The molecule has 0 spiro atoms. The van der Waals surface area contributed by atoms with Crippen LogP contribution in [0.4, 0.5) is 0 Å². The fourth-order valence-corrected chi connectivity index (χ4v) is 2.17. The Morgan fingerprint density at radius 1 is 1.47 bits per heavy atom. The van der Waals surface area contributed by atoms with E-state index >= 15 is 0 Å². The number of aliphatic hydroxyl groups excluding tert-OH is 1. The molecule has 6 heteroatoms. The summed E-state index contributed by atoms with van der Waals surface area (Å²) in [6.07, 6.45) is 4.15. The molecular formula is C11H13ClN4O. The molecule has 0 aliphatic carbocycles. The fraction of sp³-hybridized carbons (Fsp3) is 0.545. The molecule has 1 atom stereocenters. The van der Waals surface area contributed by atoms with Gasteiger partial charge in [-0.3, -0.25) is 0 Å². The highest BCUT2D eigenvalue weighted by molar-refractivity contribution is 6.25. The van der Waals surface area contributed by atoms with E-state index in [0.29, 0.717) is 5.82 Å². The topological polar surface area (TPSA) is 74.7 Å². The predicted molar refractivity (Wildman–Crippen MR) is 62.5 cm³/mol. The number of nitriles is 1. The lowest BCUT2D eigenvalue weighted by Gasteiger charge is -2.10. The van der Waals surface area contributed by atoms with E-state index in [4.69, 9.17) is 16.9 Å². The Labute approximate surface area is 104 Å². The maximum absolute atomic E-state index is 9.59. The minimum atomic E-state index is -0.827. The summed E-state index contributed by atoms with van der Waals surface area (Å²) in [4.78, 5) is 0. The average Bonchev–Trinajstić information content (AvgIpc) is 2.60. The van der Waals surface area contributed by atoms with Gasteiger partial charge in [-0.05, 0) is 12.8 Å².